The molecule has 0 spiro atoms. The highest BCUT2D eigenvalue weighted by atomic mass is 16.3. The molecule has 3 heteroatoms. The molecule has 0 aliphatic rings. The fraction of sp³-hybridized carbons (Fsp3) is 0. The molecule has 0 fully saturated rings. The van der Waals surface area contributed by atoms with Crippen molar-refractivity contribution in [3.63, 3.8) is 0 Å². The Hall–Kier alpha value is -6.71. The summed E-state index contributed by atoms with van der Waals surface area (Å²) in [5.41, 5.74) is 10.5. The Morgan fingerprint density at radius 2 is 1.02 bits per heavy atom. The number of nitrogens with zero attached hydrogens (tertiary/aromatic N) is 2. The summed E-state index contributed by atoms with van der Waals surface area (Å²) in [5.74, 6) is 0. The number of pyridine rings is 1. The lowest BCUT2D eigenvalue weighted by Crippen LogP contribution is -2.09. The number of furan rings is 1. The monoisotopic (exact) mass is 638 g/mol. The van der Waals surface area contributed by atoms with Gasteiger partial charge in [-0.25, -0.2) is 0 Å². The van der Waals surface area contributed by atoms with E-state index in [0.29, 0.717) is 0 Å². The first kappa shape index (κ1) is 28.3. The smallest absolute Gasteiger partial charge is 0.161 e. The number of hydrogen-bond donors (Lipinski definition) is 0. The van der Waals surface area contributed by atoms with Crippen molar-refractivity contribution in [1.29, 1.82) is 0 Å². The van der Waals surface area contributed by atoms with Crippen LogP contribution in [-0.2, 0) is 0 Å². The van der Waals surface area contributed by atoms with Crippen LogP contribution in [0, 0.1) is 0 Å². The third-order valence-corrected chi connectivity index (χ3v) is 9.88. The molecule has 234 valence electrons. The second kappa shape index (κ2) is 11.5. The number of rotatable bonds is 5. The summed E-state index contributed by atoms with van der Waals surface area (Å²) in [5, 5.41) is 8.11. The average molecular weight is 639 g/mol. The highest BCUT2D eigenvalue weighted by molar-refractivity contribution is 6.13. The summed E-state index contributed by atoms with van der Waals surface area (Å²) in [6.07, 6.45) is 1.94. The highest BCUT2D eigenvalue weighted by Crippen LogP contribution is 2.41. The van der Waals surface area contributed by atoms with Crippen LogP contribution in [0.4, 0.5) is 17.1 Å². The van der Waals surface area contributed by atoms with Crippen LogP contribution in [0.3, 0.4) is 0 Å². The minimum absolute atomic E-state index is 0.820. The molecular weight excluding hydrogens is 609 g/mol. The van der Waals surface area contributed by atoms with Gasteiger partial charge in [-0.15, -0.1) is 0 Å². The maximum atomic E-state index is 6.43. The number of aromatic nitrogens is 1. The molecule has 0 atom stereocenters. The average Bonchev–Trinajstić information content (AvgIpc) is 3.57. The van der Waals surface area contributed by atoms with Crippen molar-refractivity contribution in [2.75, 3.05) is 4.90 Å². The summed E-state index contributed by atoms with van der Waals surface area (Å²) in [6.45, 7) is 0. The summed E-state index contributed by atoms with van der Waals surface area (Å²) < 4.78 is 6.43. The fourth-order valence-corrected chi connectivity index (χ4v) is 7.36. The Morgan fingerprint density at radius 1 is 0.400 bits per heavy atom. The predicted octanol–water partition coefficient (Wildman–Crippen LogP) is 13.2. The van der Waals surface area contributed by atoms with E-state index in [1.165, 1.54) is 43.8 Å². The molecule has 2 aromatic heterocycles. The Labute approximate surface area is 289 Å². The van der Waals surface area contributed by atoms with E-state index in [2.05, 4.69) is 169 Å². The van der Waals surface area contributed by atoms with Crippen molar-refractivity contribution in [3.8, 4) is 22.3 Å². The van der Waals surface area contributed by atoms with Gasteiger partial charge in [0.15, 0.2) is 5.58 Å². The van der Waals surface area contributed by atoms with Crippen LogP contribution in [0.25, 0.3) is 76.6 Å². The molecule has 0 N–H and O–H groups in total. The van der Waals surface area contributed by atoms with Gasteiger partial charge in [-0.2, -0.15) is 0 Å². The minimum atomic E-state index is 0.820. The van der Waals surface area contributed by atoms with Crippen molar-refractivity contribution in [2.45, 2.75) is 0 Å². The van der Waals surface area contributed by atoms with Gasteiger partial charge < -0.3 is 9.32 Å². The summed E-state index contributed by atoms with van der Waals surface area (Å²) in [6, 6.07) is 62.7. The number of fused-ring (bicyclic) bond motifs is 7. The molecule has 50 heavy (non-hydrogen) atoms. The third kappa shape index (κ3) is 4.71. The molecule has 8 aromatic carbocycles. The molecule has 0 bridgehead atoms. The Kier molecular flexibility index (Phi) is 6.49. The van der Waals surface area contributed by atoms with Gasteiger partial charge in [0.25, 0.3) is 0 Å². The topological polar surface area (TPSA) is 29.3 Å². The van der Waals surface area contributed by atoms with Gasteiger partial charge >= 0.3 is 0 Å². The third-order valence-electron chi connectivity index (χ3n) is 9.88. The molecule has 3 nitrogen and oxygen atoms in total. The van der Waals surface area contributed by atoms with E-state index in [9.17, 15) is 0 Å². The molecule has 0 amide bonds. The Bertz CT molecular complexity index is 2860. The molecule has 0 radical (unpaired) electrons. The number of benzene rings is 8. The second-order valence-corrected chi connectivity index (χ2v) is 12.8. The van der Waals surface area contributed by atoms with Crippen molar-refractivity contribution in [3.05, 3.63) is 182 Å². The summed E-state index contributed by atoms with van der Waals surface area (Å²) in [4.78, 5) is 7.18. The van der Waals surface area contributed by atoms with Crippen LogP contribution >= 0.6 is 0 Å². The molecule has 2 heterocycles. The lowest BCUT2D eigenvalue weighted by molar-refractivity contribution is 0.672. The predicted molar refractivity (Wildman–Crippen MR) is 210 cm³/mol. The van der Waals surface area contributed by atoms with E-state index in [0.717, 1.165) is 49.9 Å². The van der Waals surface area contributed by atoms with Gasteiger partial charge in [0, 0.05) is 39.4 Å². The Morgan fingerprint density at radius 3 is 1.82 bits per heavy atom. The van der Waals surface area contributed by atoms with Gasteiger partial charge in [0.1, 0.15) is 11.1 Å². The van der Waals surface area contributed by atoms with E-state index < -0.39 is 0 Å². The lowest BCUT2D eigenvalue weighted by Gasteiger charge is -2.26. The Balaban J connectivity index is 1.10. The van der Waals surface area contributed by atoms with Crippen LogP contribution < -0.4 is 4.90 Å². The summed E-state index contributed by atoms with van der Waals surface area (Å²) >= 11 is 0. The van der Waals surface area contributed by atoms with Gasteiger partial charge in [0.05, 0.1) is 0 Å². The van der Waals surface area contributed by atoms with Crippen molar-refractivity contribution in [1.82, 2.24) is 4.98 Å². The van der Waals surface area contributed by atoms with Crippen LogP contribution in [0.15, 0.2) is 187 Å². The maximum absolute atomic E-state index is 6.43. The molecule has 0 saturated heterocycles. The van der Waals surface area contributed by atoms with E-state index in [1.54, 1.807) is 0 Å². The van der Waals surface area contributed by atoms with E-state index in [1.807, 2.05) is 18.3 Å². The maximum Gasteiger partial charge on any atom is 0.161 e. The molecule has 0 aliphatic heterocycles. The van der Waals surface area contributed by atoms with Crippen LogP contribution in [0.1, 0.15) is 0 Å². The van der Waals surface area contributed by atoms with Gasteiger partial charge in [-0.3, -0.25) is 4.98 Å². The van der Waals surface area contributed by atoms with E-state index in [-0.39, 0.29) is 0 Å². The zero-order chi connectivity index (χ0) is 33.0. The van der Waals surface area contributed by atoms with Gasteiger partial charge in [0.2, 0.25) is 0 Å². The van der Waals surface area contributed by atoms with Crippen molar-refractivity contribution >= 4 is 71.4 Å². The lowest BCUT2D eigenvalue weighted by atomic mass is 9.98. The molecule has 0 unspecified atom stereocenters. The SMILES string of the molecule is c1ccc2cc(-c3ccc(N(c4ccc(-c5cccc6ccccc56)cc4)c4ccc5oc6c7ccccc7cnc6c5c4)cc3)ccc2c1. The van der Waals surface area contributed by atoms with Crippen molar-refractivity contribution < 1.29 is 4.42 Å². The van der Waals surface area contributed by atoms with Crippen LogP contribution in [0.2, 0.25) is 0 Å². The number of anilines is 3. The zero-order valence-electron chi connectivity index (χ0n) is 27.1. The second-order valence-electron chi connectivity index (χ2n) is 12.8. The number of hydrogen-bond acceptors (Lipinski definition) is 3. The molecule has 0 saturated carbocycles. The molecule has 10 rings (SSSR count). The summed E-state index contributed by atoms with van der Waals surface area (Å²) in [7, 11) is 0. The van der Waals surface area contributed by atoms with Crippen molar-refractivity contribution in [2.24, 2.45) is 0 Å². The van der Waals surface area contributed by atoms with Gasteiger partial charge in [-0.1, -0.05) is 127 Å². The quantitative estimate of drug-likeness (QED) is 0.188. The van der Waals surface area contributed by atoms with Crippen LogP contribution in [-0.4, -0.2) is 4.98 Å². The fourth-order valence-electron chi connectivity index (χ4n) is 7.36. The molecule has 0 aliphatic carbocycles. The first-order chi connectivity index (χ1) is 24.8. The normalized spacial score (nSPS) is 11.6. The largest absolute Gasteiger partial charge is 0.454 e. The standard InChI is InChI=1S/C47H30N2O/c1-2-10-35-28-36(17-16-31(35)8-1)32-18-22-38(23-19-32)49(39-24-20-34(21-25-39)42-15-7-12-33-9-3-5-13-41(33)42)40-26-27-45-44(29-40)46-47(50-45)43-14-6-4-11-37(43)30-48-46/h1-30H. The minimum Gasteiger partial charge on any atom is -0.454 e. The highest BCUT2D eigenvalue weighted by Gasteiger charge is 2.18. The zero-order valence-corrected chi connectivity index (χ0v) is 27.1. The first-order valence-corrected chi connectivity index (χ1v) is 16.9. The molecule has 10 aromatic rings. The van der Waals surface area contributed by atoms with Gasteiger partial charge in [-0.05, 0) is 92.3 Å². The van der Waals surface area contributed by atoms with E-state index in [4.69, 9.17) is 9.40 Å². The van der Waals surface area contributed by atoms with E-state index >= 15 is 0 Å². The van der Waals surface area contributed by atoms with Crippen LogP contribution in [0.5, 0.6) is 0 Å². The first-order valence-electron chi connectivity index (χ1n) is 16.9. The molecular formula is C47H30N2O.